The highest BCUT2D eigenvalue weighted by Crippen LogP contribution is 2.11. The molecule has 0 atom stereocenters. The summed E-state index contributed by atoms with van der Waals surface area (Å²) in [5, 5.41) is 2.31. The predicted octanol–water partition coefficient (Wildman–Crippen LogP) is 2.27. The first-order valence-corrected chi connectivity index (χ1v) is 5.43. The van der Waals surface area contributed by atoms with E-state index in [9.17, 15) is 14.0 Å². The molecule has 18 heavy (non-hydrogen) atoms. The molecule has 0 spiro atoms. The molecule has 1 amide bonds. The second-order valence-electron chi connectivity index (χ2n) is 3.79. The molecule has 1 aromatic rings. The van der Waals surface area contributed by atoms with Gasteiger partial charge in [-0.25, -0.2) is 9.18 Å². The number of amides is 1. The summed E-state index contributed by atoms with van der Waals surface area (Å²) >= 11 is 0. The lowest BCUT2D eigenvalue weighted by atomic mass is 10.3. The van der Waals surface area contributed by atoms with E-state index in [1.807, 2.05) is 0 Å². The van der Waals surface area contributed by atoms with Crippen LogP contribution in [0, 0.1) is 5.82 Å². The zero-order valence-corrected chi connectivity index (χ0v) is 10.1. The number of para-hydroxylation sites is 1. The summed E-state index contributed by atoms with van der Waals surface area (Å²) in [6.45, 7) is 3.40. The van der Waals surface area contributed by atoms with Crippen LogP contribution in [0.15, 0.2) is 36.4 Å². The van der Waals surface area contributed by atoms with Crippen molar-refractivity contribution in [2.24, 2.45) is 0 Å². The van der Waals surface area contributed by atoms with Crippen LogP contribution in [0.25, 0.3) is 0 Å². The molecular formula is C13H14FNO3. The van der Waals surface area contributed by atoms with E-state index in [4.69, 9.17) is 4.74 Å². The molecule has 0 saturated heterocycles. The number of rotatable bonds is 4. The van der Waals surface area contributed by atoms with Crippen LogP contribution in [-0.4, -0.2) is 18.0 Å². The molecular weight excluding hydrogens is 237 g/mol. The zero-order chi connectivity index (χ0) is 13.5. The van der Waals surface area contributed by atoms with Crippen molar-refractivity contribution in [2.75, 3.05) is 5.32 Å². The van der Waals surface area contributed by atoms with Crippen LogP contribution in [0.4, 0.5) is 10.1 Å². The number of halogens is 1. The molecule has 0 bridgehead atoms. The van der Waals surface area contributed by atoms with Gasteiger partial charge in [0.25, 0.3) is 0 Å². The summed E-state index contributed by atoms with van der Waals surface area (Å²) in [4.78, 5) is 22.5. The second kappa shape index (κ2) is 6.54. The minimum Gasteiger partial charge on any atom is -0.460 e. The Bertz CT molecular complexity index is 469. The Balaban J connectivity index is 2.55. The minimum atomic E-state index is -0.617. The van der Waals surface area contributed by atoms with Gasteiger partial charge in [0.05, 0.1) is 11.8 Å². The molecule has 0 fully saturated rings. The number of nitrogens with one attached hydrogen (secondary N) is 1. The van der Waals surface area contributed by atoms with Gasteiger partial charge in [-0.05, 0) is 26.0 Å². The highest BCUT2D eigenvalue weighted by molar-refractivity contribution is 6.02. The maximum absolute atomic E-state index is 13.2. The van der Waals surface area contributed by atoms with Gasteiger partial charge in [-0.1, -0.05) is 12.1 Å². The highest BCUT2D eigenvalue weighted by Gasteiger charge is 2.05. The minimum absolute atomic E-state index is 0.0596. The van der Waals surface area contributed by atoms with Gasteiger partial charge in [0.2, 0.25) is 5.91 Å². The molecule has 1 rings (SSSR count). The molecule has 0 aliphatic heterocycles. The molecule has 5 heteroatoms. The van der Waals surface area contributed by atoms with E-state index >= 15 is 0 Å². The van der Waals surface area contributed by atoms with Crippen molar-refractivity contribution in [1.82, 2.24) is 0 Å². The van der Waals surface area contributed by atoms with E-state index in [1.165, 1.54) is 18.2 Å². The molecule has 0 saturated carbocycles. The van der Waals surface area contributed by atoms with Gasteiger partial charge in [-0.3, -0.25) is 4.79 Å². The Morgan fingerprint density at radius 2 is 1.94 bits per heavy atom. The van der Waals surface area contributed by atoms with Crippen LogP contribution in [0.2, 0.25) is 0 Å². The van der Waals surface area contributed by atoms with E-state index in [-0.39, 0.29) is 11.8 Å². The molecule has 0 aliphatic carbocycles. The molecule has 0 heterocycles. The lowest BCUT2D eigenvalue weighted by Gasteiger charge is -2.04. The molecule has 0 aliphatic rings. The maximum Gasteiger partial charge on any atom is 0.331 e. The van der Waals surface area contributed by atoms with Crippen LogP contribution >= 0.6 is 0 Å². The Labute approximate surface area is 104 Å². The Kier molecular flexibility index (Phi) is 5.05. The number of carbonyl (C=O) groups excluding carboxylic acids is 2. The van der Waals surface area contributed by atoms with Crippen molar-refractivity contribution in [3.05, 3.63) is 42.2 Å². The summed E-state index contributed by atoms with van der Waals surface area (Å²) in [6.07, 6.45) is 1.74. The van der Waals surface area contributed by atoms with Crippen LogP contribution in [0.1, 0.15) is 13.8 Å². The fourth-order valence-corrected chi connectivity index (χ4v) is 1.15. The fraction of sp³-hybridized carbons (Fsp3) is 0.231. The van der Waals surface area contributed by atoms with E-state index < -0.39 is 17.7 Å². The van der Waals surface area contributed by atoms with Crippen molar-refractivity contribution in [2.45, 2.75) is 20.0 Å². The third-order valence-corrected chi connectivity index (χ3v) is 1.85. The number of benzene rings is 1. The number of carbonyl (C=O) groups is 2. The number of hydrogen-bond acceptors (Lipinski definition) is 3. The van der Waals surface area contributed by atoms with E-state index in [2.05, 4.69) is 5.32 Å². The number of ether oxygens (including phenoxy) is 1. The summed E-state index contributed by atoms with van der Waals surface area (Å²) in [5.41, 5.74) is 0.0596. The fourth-order valence-electron chi connectivity index (χ4n) is 1.15. The third kappa shape index (κ3) is 4.78. The smallest absolute Gasteiger partial charge is 0.331 e. The summed E-state index contributed by atoms with van der Waals surface area (Å²) in [5.74, 6) is -1.75. The molecule has 4 nitrogen and oxygen atoms in total. The molecule has 0 aromatic heterocycles. The quantitative estimate of drug-likeness (QED) is 0.659. The maximum atomic E-state index is 13.2. The number of anilines is 1. The predicted molar refractivity (Wildman–Crippen MR) is 65.4 cm³/mol. The van der Waals surface area contributed by atoms with Crippen LogP contribution < -0.4 is 5.32 Å². The van der Waals surface area contributed by atoms with Crippen molar-refractivity contribution in [1.29, 1.82) is 0 Å². The van der Waals surface area contributed by atoms with Gasteiger partial charge in [-0.15, -0.1) is 0 Å². The number of hydrogen-bond donors (Lipinski definition) is 1. The topological polar surface area (TPSA) is 55.4 Å². The largest absolute Gasteiger partial charge is 0.460 e. The molecule has 1 aromatic carbocycles. The van der Waals surface area contributed by atoms with Crippen molar-refractivity contribution in [3.63, 3.8) is 0 Å². The average molecular weight is 251 g/mol. The van der Waals surface area contributed by atoms with Gasteiger partial charge in [0.1, 0.15) is 5.82 Å². The first-order chi connectivity index (χ1) is 8.49. The van der Waals surface area contributed by atoms with Gasteiger partial charge in [-0.2, -0.15) is 0 Å². The van der Waals surface area contributed by atoms with Crippen LogP contribution in [-0.2, 0) is 14.3 Å². The van der Waals surface area contributed by atoms with Crippen LogP contribution in [0.3, 0.4) is 0 Å². The van der Waals surface area contributed by atoms with E-state index in [0.29, 0.717) is 0 Å². The first kappa shape index (κ1) is 13.9. The molecule has 0 unspecified atom stereocenters. The first-order valence-electron chi connectivity index (χ1n) is 5.43. The van der Waals surface area contributed by atoms with Crippen molar-refractivity contribution < 1.29 is 18.7 Å². The summed E-state index contributed by atoms with van der Waals surface area (Å²) in [7, 11) is 0. The lowest BCUT2D eigenvalue weighted by molar-refractivity contribution is -0.141. The summed E-state index contributed by atoms with van der Waals surface area (Å²) in [6, 6.07) is 5.76. The second-order valence-corrected chi connectivity index (χ2v) is 3.79. The highest BCUT2D eigenvalue weighted by atomic mass is 19.1. The van der Waals surface area contributed by atoms with Gasteiger partial charge in [0, 0.05) is 12.2 Å². The zero-order valence-electron chi connectivity index (χ0n) is 10.1. The SMILES string of the molecule is CC(C)OC(=O)/C=C/C(=O)Nc1ccccc1F. The summed E-state index contributed by atoms with van der Waals surface area (Å²) < 4.78 is 18.0. The Hall–Kier alpha value is -2.17. The van der Waals surface area contributed by atoms with Gasteiger partial charge in [0.15, 0.2) is 0 Å². The molecule has 1 N–H and O–H groups in total. The van der Waals surface area contributed by atoms with E-state index in [1.54, 1.807) is 19.9 Å². The van der Waals surface area contributed by atoms with Gasteiger partial charge < -0.3 is 10.1 Å². The average Bonchev–Trinajstić information content (AvgIpc) is 2.29. The molecule has 0 radical (unpaired) electrons. The van der Waals surface area contributed by atoms with Crippen molar-refractivity contribution in [3.8, 4) is 0 Å². The number of esters is 1. The normalized spacial score (nSPS) is 10.7. The van der Waals surface area contributed by atoms with Gasteiger partial charge >= 0.3 is 5.97 Å². The van der Waals surface area contributed by atoms with Crippen LogP contribution in [0.5, 0.6) is 0 Å². The van der Waals surface area contributed by atoms with Crippen molar-refractivity contribution >= 4 is 17.6 Å². The lowest BCUT2D eigenvalue weighted by Crippen LogP contribution is -2.12. The third-order valence-electron chi connectivity index (χ3n) is 1.85. The monoisotopic (exact) mass is 251 g/mol. The Morgan fingerprint density at radius 1 is 1.28 bits per heavy atom. The standard InChI is InChI=1S/C13H14FNO3/c1-9(2)18-13(17)8-7-12(16)15-11-6-4-3-5-10(11)14/h3-9H,1-2H3,(H,15,16)/b8-7+. The Morgan fingerprint density at radius 3 is 2.56 bits per heavy atom. The van der Waals surface area contributed by atoms with E-state index in [0.717, 1.165) is 12.2 Å². The molecule has 96 valence electrons.